The second-order valence-electron chi connectivity index (χ2n) is 6.26. The molecule has 0 spiro atoms. The van der Waals surface area contributed by atoms with Gasteiger partial charge in [-0.3, -0.25) is 4.98 Å². The van der Waals surface area contributed by atoms with Gasteiger partial charge in [0.25, 0.3) is 0 Å². The number of ether oxygens (including phenoxy) is 1. The third-order valence-corrected chi connectivity index (χ3v) is 4.66. The number of aromatic nitrogens is 3. The van der Waals surface area contributed by atoms with E-state index in [-0.39, 0.29) is 0 Å². The van der Waals surface area contributed by atoms with Crippen LogP contribution in [0.3, 0.4) is 0 Å². The Morgan fingerprint density at radius 2 is 1.89 bits per heavy atom. The van der Waals surface area contributed by atoms with Gasteiger partial charge >= 0.3 is 6.09 Å². The number of fused-ring (bicyclic) bond motifs is 1. The summed E-state index contributed by atoms with van der Waals surface area (Å²) < 4.78 is 5.45. The fraction of sp³-hybridized carbons (Fsp3) is 0.263. The van der Waals surface area contributed by atoms with E-state index in [4.69, 9.17) is 14.8 Å². The lowest BCUT2D eigenvalue weighted by atomic mass is 10.1. The van der Waals surface area contributed by atoms with E-state index in [1.54, 1.807) is 19.5 Å². The lowest BCUT2D eigenvalue weighted by Gasteiger charge is -2.33. The predicted molar refractivity (Wildman–Crippen MR) is 101 cm³/mol. The van der Waals surface area contributed by atoms with Crippen LogP contribution in [0.2, 0.25) is 0 Å². The Morgan fingerprint density at radius 3 is 2.63 bits per heavy atom. The first-order valence-electron chi connectivity index (χ1n) is 8.65. The Morgan fingerprint density at radius 1 is 1.11 bits per heavy atom. The Bertz CT molecular complexity index is 986. The molecule has 0 atom stereocenters. The van der Waals surface area contributed by atoms with E-state index in [0.717, 1.165) is 16.5 Å². The number of anilines is 1. The Kier molecular flexibility index (Phi) is 4.45. The van der Waals surface area contributed by atoms with E-state index < -0.39 is 6.09 Å². The molecule has 27 heavy (non-hydrogen) atoms. The number of rotatable bonds is 3. The monoisotopic (exact) mass is 365 g/mol. The number of amides is 1. The van der Waals surface area contributed by atoms with Crippen molar-refractivity contribution in [2.75, 3.05) is 38.2 Å². The molecule has 0 aliphatic carbocycles. The molecule has 8 nitrogen and oxygen atoms in total. The molecular weight excluding hydrogens is 346 g/mol. The normalized spacial score (nSPS) is 14.4. The Balaban J connectivity index is 1.67. The van der Waals surface area contributed by atoms with Crippen LogP contribution in [0.4, 0.5) is 10.7 Å². The number of carboxylic acid groups (broad SMARTS) is 1. The van der Waals surface area contributed by atoms with E-state index in [1.807, 2.05) is 35.2 Å². The van der Waals surface area contributed by atoms with E-state index >= 15 is 0 Å². The minimum Gasteiger partial charge on any atom is -0.493 e. The molecule has 1 amide bonds. The Labute approximate surface area is 156 Å². The summed E-state index contributed by atoms with van der Waals surface area (Å²) in [5, 5.41) is 10.1. The third kappa shape index (κ3) is 3.33. The number of hydrogen-bond acceptors (Lipinski definition) is 6. The maximum Gasteiger partial charge on any atom is 0.407 e. The van der Waals surface area contributed by atoms with Crippen molar-refractivity contribution in [1.82, 2.24) is 19.9 Å². The average Bonchev–Trinajstić information content (AvgIpc) is 2.73. The summed E-state index contributed by atoms with van der Waals surface area (Å²) in [5.41, 5.74) is 2.43. The van der Waals surface area contributed by atoms with Crippen molar-refractivity contribution in [3.8, 4) is 17.0 Å². The van der Waals surface area contributed by atoms with Gasteiger partial charge < -0.3 is 19.6 Å². The van der Waals surface area contributed by atoms with Gasteiger partial charge in [-0.1, -0.05) is 18.2 Å². The minimum absolute atomic E-state index is 0.428. The van der Waals surface area contributed by atoms with Crippen molar-refractivity contribution in [1.29, 1.82) is 0 Å². The van der Waals surface area contributed by atoms with E-state index in [9.17, 15) is 4.79 Å². The van der Waals surface area contributed by atoms with Crippen molar-refractivity contribution in [3.63, 3.8) is 0 Å². The molecule has 1 fully saturated rings. The standard InChI is InChI=1S/C19H19N5O3/c1-27-16-12-21-18(23-6-8-24(9-7-23)19(25)26)22-17(16)14-10-13-4-2-3-5-15(13)20-11-14/h2-5,10-12H,6-9H2,1H3,(H,25,26). The van der Waals surface area contributed by atoms with Gasteiger partial charge in [0.15, 0.2) is 5.75 Å². The van der Waals surface area contributed by atoms with E-state index in [1.165, 1.54) is 4.90 Å². The van der Waals surface area contributed by atoms with Crippen LogP contribution < -0.4 is 9.64 Å². The SMILES string of the molecule is COc1cnc(N2CCN(C(=O)O)CC2)nc1-c1cnc2ccccc2c1. The zero-order valence-corrected chi connectivity index (χ0v) is 14.9. The van der Waals surface area contributed by atoms with Crippen molar-refractivity contribution in [2.24, 2.45) is 0 Å². The Hall–Kier alpha value is -3.42. The molecule has 1 saturated heterocycles. The number of nitrogens with zero attached hydrogens (tertiary/aromatic N) is 5. The molecule has 8 heteroatoms. The van der Waals surface area contributed by atoms with Crippen LogP contribution in [0.5, 0.6) is 5.75 Å². The molecule has 0 bridgehead atoms. The largest absolute Gasteiger partial charge is 0.493 e. The molecule has 0 saturated carbocycles. The minimum atomic E-state index is -0.895. The number of pyridine rings is 1. The van der Waals surface area contributed by atoms with Gasteiger partial charge in [0.1, 0.15) is 5.69 Å². The van der Waals surface area contributed by atoms with Crippen LogP contribution in [-0.4, -0.2) is 64.3 Å². The molecule has 4 rings (SSSR count). The van der Waals surface area contributed by atoms with Crippen molar-refractivity contribution in [2.45, 2.75) is 0 Å². The number of para-hydroxylation sites is 1. The highest BCUT2D eigenvalue weighted by Crippen LogP contribution is 2.30. The molecule has 0 radical (unpaired) electrons. The van der Waals surface area contributed by atoms with Gasteiger partial charge in [-0.2, -0.15) is 0 Å². The zero-order valence-electron chi connectivity index (χ0n) is 14.9. The molecule has 2 aromatic heterocycles. The molecule has 138 valence electrons. The highest BCUT2D eigenvalue weighted by molar-refractivity contribution is 5.83. The van der Waals surface area contributed by atoms with Crippen molar-refractivity contribution in [3.05, 3.63) is 42.7 Å². The quantitative estimate of drug-likeness (QED) is 0.762. The molecular formula is C19H19N5O3. The van der Waals surface area contributed by atoms with E-state index in [2.05, 4.69) is 9.97 Å². The molecule has 1 aliphatic rings. The fourth-order valence-corrected chi connectivity index (χ4v) is 3.17. The van der Waals surface area contributed by atoms with Gasteiger partial charge in [0.05, 0.1) is 18.8 Å². The summed E-state index contributed by atoms with van der Waals surface area (Å²) in [6, 6.07) is 9.92. The molecule has 0 unspecified atom stereocenters. The molecule has 3 aromatic rings. The highest BCUT2D eigenvalue weighted by atomic mass is 16.5. The fourth-order valence-electron chi connectivity index (χ4n) is 3.17. The zero-order chi connectivity index (χ0) is 18.8. The first-order valence-corrected chi connectivity index (χ1v) is 8.65. The predicted octanol–water partition coefficient (Wildman–Crippen LogP) is 2.50. The summed E-state index contributed by atoms with van der Waals surface area (Å²) in [7, 11) is 1.59. The maximum absolute atomic E-state index is 11.1. The summed E-state index contributed by atoms with van der Waals surface area (Å²) >= 11 is 0. The summed E-state index contributed by atoms with van der Waals surface area (Å²) in [4.78, 5) is 28.1. The number of piperazine rings is 1. The number of carbonyl (C=O) groups is 1. The van der Waals surface area contributed by atoms with Gasteiger partial charge in [-0.05, 0) is 12.1 Å². The van der Waals surface area contributed by atoms with Crippen LogP contribution in [0.15, 0.2) is 42.7 Å². The molecule has 3 heterocycles. The summed E-state index contributed by atoms with van der Waals surface area (Å²) in [6.45, 7) is 1.96. The van der Waals surface area contributed by atoms with Crippen LogP contribution in [0.25, 0.3) is 22.2 Å². The van der Waals surface area contributed by atoms with Crippen LogP contribution >= 0.6 is 0 Å². The van der Waals surface area contributed by atoms with Gasteiger partial charge in [-0.25, -0.2) is 14.8 Å². The van der Waals surface area contributed by atoms with Gasteiger partial charge in [0.2, 0.25) is 5.95 Å². The average molecular weight is 365 g/mol. The summed E-state index contributed by atoms with van der Waals surface area (Å²) in [5.74, 6) is 1.13. The maximum atomic E-state index is 11.1. The third-order valence-electron chi connectivity index (χ3n) is 4.66. The van der Waals surface area contributed by atoms with Crippen LogP contribution in [-0.2, 0) is 0 Å². The second-order valence-corrected chi connectivity index (χ2v) is 6.26. The number of hydrogen-bond donors (Lipinski definition) is 1. The molecule has 1 N–H and O–H groups in total. The van der Waals surface area contributed by atoms with Gasteiger partial charge in [0, 0.05) is 43.3 Å². The number of benzene rings is 1. The lowest BCUT2D eigenvalue weighted by molar-refractivity contribution is 0.142. The smallest absolute Gasteiger partial charge is 0.407 e. The summed E-state index contributed by atoms with van der Waals surface area (Å²) in [6.07, 6.45) is 2.53. The number of methoxy groups -OCH3 is 1. The molecule has 1 aliphatic heterocycles. The van der Waals surface area contributed by atoms with Crippen molar-refractivity contribution >= 4 is 22.9 Å². The van der Waals surface area contributed by atoms with Crippen LogP contribution in [0, 0.1) is 0 Å². The van der Waals surface area contributed by atoms with E-state index in [0.29, 0.717) is 43.6 Å². The first-order chi connectivity index (χ1) is 13.2. The lowest BCUT2D eigenvalue weighted by Crippen LogP contribution is -2.48. The molecule has 1 aromatic carbocycles. The van der Waals surface area contributed by atoms with Crippen molar-refractivity contribution < 1.29 is 14.6 Å². The van der Waals surface area contributed by atoms with Crippen LogP contribution in [0.1, 0.15) is 0 Å². The first kappa shape index (κ1) is 17.0. The second kappa shape index (κ2) is 7.06. The highest BCUT2D eigenvalue weighted by Gasteiger charge is 2.23. The van der Waals surface area contributed by atoms with Gasteiger partial charge in [-0.15, -0.1) is 0 Å². The topological polar surface area (TPSA) is 91.7 Å².